The van der Waals surface area contributed by atoms with Crippen molar-refractivity contribution in [3.05, 3.63) is 18.5 Å². The molecule has 0 saturated carbocycles. The Morgan fingerprint density at radius 1 is 1.50 bits per heavy atom. The van der Waals surface area contributed by atoms with Gasteiger partial charge in [-0.3, -0.25) is 4.68 Å². The summed E-state index contributed by atoms with van der Waals surface area (Å²) in [4.78, 5) is 11.8. The predicted octanol–water partition coefficient (Wildman–Crippen LogP) is 1.76. The molecule has 0 spiro atoms. The average molecular weight is 287 g/mol. The van der Waals surface area contributed by atoms with Crippen molar-refractivity contribution in [3.63, 3.8) is 0 Å². The van der Waals surface area contributed by atoms with Crippen LogP contribution >= 0.6 is 0 Å². The first-order chi connectivity index (χ1) is 9.35. The van der Waals surface area contributed by atoms with Crippen LogP contribution in [-0.2, 0) is 16.0 Å². The Labute approximate surface area is 118 Å². The number of hydrogen-bond acceptors (Lipinski definition) is 4. The van der Waals surface area contributed by atoms with Gasteiger partial charge in [-0.05, 0) is 26.8 Å². The van der Waals surface area contributed by atoms with Crippen molar-refractivity contribution >= 4 is 6.09 Å². The largest absolute Gasteiger partial charge is 0.444 e. The van der Waals surface area contributed by atoms with E-state index in [1.54, 1.807) is 43.9 Å². The Balaban J connectivity index is 2.69. The Morgan fingerprint density at radius 2 is 2.20 bits per heavy atom. The van der Waals surface area contributed by atoms with Gasteiger partial charge in [0.2, 0.25) is 0 Å². The van der Waals surface area contributed by atoms with E-state index in [9.17, 15) is 9.18 Å². The van der Waals surface area contributed by atoms with Gasteiger partial charge in [-0.2, -0.15) is 5.10 Å². The number of alkyl carbamates (subject to hydrolysis) is 1. The summed E-state index contributed by atoms with van der Waals surface area (Å²) < 4.78 is 24.8. The molecule has 0 fully saturated rings. The molecule has 2 atom stereocenters. The highest BCUT2D eigenvalue weighted by Gasteiger charge is 2.26. The van der Waals surface area contributed by atoms with Gasteiger partial charge >= 0.3 is 6.09 Å². The van der Waals surface area contributed by atoms with Crippen LogP contribution in [0.5, 0.6) is 0 Å². The van der Waals surface area contributed by atoms with E-state index in [1.165, 1.54) is 7.11 Å². The van der Waals surface area contributed by atoms with Crippen LogP contribution in [0.15, 0.2) is 18.5 Å². The summed E-state index contributed by atoms with van der Waals surface area (Å²) in [5.41, 5.74) is -0.612. The Hall–Kier alpha value is -1.63. The van der Waals surface area contributed by atoms with Crippen molar-refractivity contribution < 1.29 is 18.7 Å². The molecule has 20 heavy (non-hydrogen) atoms. The number of hydrogen-bond donors (Lipinski definition) is 1. The maximum atomic E-state index is 13.0. The number of ether oxygens (including phenoxy) is 2. The molecule has 0 aliphatic rings. The van der Waals surface area contributed by atoms with Gasteiger partial charge in [0.1, 0.15) is 18.4 Å². The van der Waals surface area contributed by atoms with Crippen molar-refractivity contribution in [2.75, 3.05) is 13.8 Å². The molecule has 114 valence electrons. The molecule has 0 radical (unpaired) electrons. The van der Waals surface area contributed by atoms with Gasteiger partial charge in [-0.25, -0.2) is 9.18 Å². The maximum absolute atomic E-state index is 13.0. The second kappa shape index (κ2) is 7.23. The zero-order chi connectivity index (χ0) is 15.2. The SMILES string of the molecule is CO[C@H](CF)[C@@H](Cn1cccn1)NC(=O)OC(C)(C)C. The van der Waals surface area contributed by atoms with Crippen molar-refractivity contribution in [2.24, 2.45) is 0 Å². The first-order valence-corrected chi connectivity index (χ1v) is 6.41. The van der Waals surface area contributed by atoms with Gasteiger partial charge in [0, 0.05) is 19.5 Å². The van der Waals surface area contributed by atoms with E-state index < -0.39 is 30.5 Å². The number of nitrogens with zero attached hydrogens (tertiary/aromatic N) is 2. The summed E-state index contributed by atoms with van der Waals surface area (Å²) in [6.45, 7) is 4.88. The number of carbonyl (C=O) groups is 1. The quantitative estimate of drug-likeness (QED) is 0.866. The van der Waals surface area contributed by atoms with Crippen molar-refractivity contribution in [3.8, 4) is 0 Å². The summed E-state index contributed by atoms with van der Waals surface area (Å²) in [6.07, 6.45) is 1.98. The van der Waals surface area contributed by atoms with Crippen LogP contribution < -0.4 is 5.32 Å². The van der Waals surface area contributed by atoms with E-state index in [1.807, 2.05) is 0 Å². The first-order valence-electron chi connectivity index (χ1n) is 6.41. The fourth-order valence-corrected chi connectivity index (χ4v) is 1.66. The summed E-state index contributed by atoms with van der Waals surface area (Å²) >= 11 is 0. The second-order valence-corrected chi connectivity index (χ2v) is 5.41. The van der Waals surface area contributed by atoms with Crippen LogP contribution in [0.4, 0.5) is 9.18 Å². The van der Waals surface area contributed by atoms with Crippen molar-refractivity contribution in [1.82, 2.24) is 15.1 Å². The first kappa shape index (κ1) is 16.4. The molecule has 1 N–H and O–H groups in total. The number of rotatable bonds is 6. The van der Waals surface area contributed by atoms with Crippen LogP contribution in [0.3, 0.4) is 0 Å². The monoisotopic (exact) mass is 287 g/mol. The van der Waals surface area contributed by atoms with E-state index in [-0.39, 0.29) is 0 Å². The molecule has 0 unspecified atom stereocenters. The molecule has 6 nitrogen and oxygen atoms in total. The summed E-state index contributed by atoms with van der Waals surface area (Å²) in [5, 5.41) is 6.66. The van der Waals surface area contributed by atoms with E-state index in [0.717, 1.165) is 0 Å². The third-order valence-corrected chi connectivity index (χ3v) is 2.55. The van der Waals surface area contributed by atoms with Gasteiger partial charge < -0.3 is 14.8 Å². The lowest BCUT2D eigenvalue weighted by atomic mass is 10.1. The highest BCUT2D eigenvalue weighted by atomic mass is 19.1. The number of halogens is 1. The molecule has 0 aliphatic heterocycles. The Bertz CT molecular complexity index is 399. The fourth-order valence-electron chi connectivity index (χ4n) is 1.66. The third kappa shape index (κ3) is 5.56. The summed E-state index contributed by atoms with van der Waals surface area (Å²) in [7, 11) is 1.40. The van der Waals surface area contributed by atoms with Crippen molar-refractivity contribution in [2.45, 2.75) is 45.1 Å². The Morgan fingerprint density at radius 3 is 2.65 bits per heavy atom. The van der Waals surface area contributed by atoms with E-state index >= 15 is 0 Å². The zero-order valence-electron chi connectivity index (χ0n) is 12.3. The molecule has 1 amide bonds. The van der Waals surface area contributed by atoms with Gasteiger partial charge in [-0.15, -0.1) is 0 Å². The third-order valence-electron chi connectivity index (χ3n) is 2.55. The smallest absolute Gasteiger partial charge is 0.408 e. The second-order valence-electron chi connectivity index (χ2n) is 5.41. The molecule has 7 heteroatoms. The van der Waals surface area contributed by atoms with E-state index in [2.05, 4.69) is 10.4 Å². The molecule has 1 heterocycles. The van der Waals surface area contributed by atoms with Gasteiger partial charge in [0.05, 0.1) is 12.6 Å². The highest BCUT2D eigenvalue weighted by Crippen LogP contribution is 2.09. The standard InChI is InChI=1S/C13H22FN3O3/c1-13(2,3)20-12(18)16-10(11(8-14)19-4)9-17-7-5-6-15-17/h5-7,10-11H,8-9H2,1-4H3,(H,16,18)/t10-,11-/m1/s1. The molecule has 0 saturated heterocycles. The minimum Gasteiger partial charge on any atom is -0.444 e. The molecule has 1 aromatic heterocycles. The van der Waals surface area contributed by atoms with Gasteiger partial charge in [0.15, 0.2) is 0 Å². The lowest BCUT2D eigenvalue weighted by Gasteiger charge is -2.27. The number of alkyl halides is 1. The molecule has 0 bridgehead atoms. The average Bonchev–Trinajstić information content (AvgIpc) is 2.80. The molecule has 1 rings (SSSR count). The minimum atomic E-state index is -0.758. The maximum Gasteiger partial charge on any atom is 0.408 e. The number of amides is 1. The topological polar surface area (TPSA) is 65.4 Å². The highest BCUT2D eigenvalue weighted by molar-refractivity contribution is 5.68. The molecular weight excluding hydrogens is 265 g/mol. The lowest BCUT2D eigenvalue weighted by molar-refractivity contribution is 0.0220. The minimum absolute atomic E-state index is 0.300. The molecule has 0 aliphatic carbocycles. The zero-order valence-corrected chi connectivity index (χ0v) is 12.3. The van der Waals surface area contributed by atoms with E-state index in [0.29, 0.717) is 6.54 Å². The van der Waals surface area contributed by atoms with Gasteiger partial charge in [-0.1, -0.05) is 0 Å². The fraction of sp³-hybridized carbons (Fsp3) is 0.692. The van der Waals surface area contributed by atoms with Crippen LogP contribution in [0.2, 0.25) is 0 Å². The number of carbonyl (C=O) groups excluding carboxylic acids is 1. The van der Waals surface area contributed by atoms with Crippen molar-refractivity contribution in [1.29, 1.82) is 0 Å². The normalized spacial score (nSPS) is 14.7. The number of aromatic nitrogens is 2. The number of methoxy groups -OCH3 is 1. The summed E-state index contributed by atoms with van der Waals surface area (Å²) in [6, 6.07) is 1.18. The van der Waals surface area contributed by atoms with Crippen LogP contribution in [0.1, 0.15) is 20.8 Å². The lowest BCUT2D eigenvalue weighted by Crippen LogP contribution is -2.49. The molecule has 1 aromatic rings. The Kier molecular flexibility index (Phi) is 5.94. The van der Waals surface area contributed by atoms with Crippen LogP contribution in [0, 0.1) is 0 Å². The van der Waals surface area contributed by atoms with Crippen LogP contribution in [0.25, 0.3) is 0 Å². The van der Waals surface area contributed by atoms with E-state index in [4.69, 9.17) is 9.47 Å². The predicted molar refractivity (Wildman–Crippen MR) is 72.2 cm³/mol. The number of nitrogens with one attached hydrogen (secondary N) is 1. The molecule has 0 aromatic carbocycles. The summed E-state index contributed by atoms with van der Waals surface area (Å²) in [5.74, 6) is 0. The van der Waals surface area contributed by atoms with Gasteiger partial charge in [0.25, 0.3) is 0 Å². The van der Waals surface area contributed by atoms with Crippen LogP contribution in [-0.4, -0.2) is 47.4 Å². The molecular formula is C13H22FN3O3.